The van der Waals surface area contributed by atoms with Crippen LogP contribution >= 0.6 is 0 Å². The molecule has 0 fully saturated rings. The van der Waals surface area contributed by atoms with E-state index in [0.717, 1.165) is 0 Å². The van der Waals surface area contributed by atoms with E-state index in [0.29, 0.717) is 12.8 Å². The number of primary amides is 1. The van der Waals surface area contributed by atoms with Crippen molar-refractivity contribution in [3.63, 3.8) is 0 Å². The second-order valence-corrected chi connectivity index (χ2v) is 14.0. The molecule has 0 spiro atoms. The van der Waals surface area contributed by atoms with Gasteiger partial charge in [-0.1, -0.05) is 0 Å². The monoisotopic (exact) mass is 884 g/mol. The van der Waals surface area contributed by atoms with E-state index < -0.39 is 152 Å². The Labute approximate surface area is 353 Å². The van der Waals surface area contributed by atoms with Crippen molar-refractivity contribution in [2.75, 3.05) is 13.1 Å². The number of hydrogen-bond acceptors (Lipinski definition) is 15. The van der Waals surface area contributed by atoms with Crippen molar-refractivity contribution in [2.45, 2.75) is 120 Å². The number of aromatic nitrogens is 2. The second kappa shape index (κ2) is 27.2. The van der Waals surface area contributed by atoms with Crippen molar-refractivity contribution in [3.05, 3.63) is 18.2 Å². The number of nitrogens with one attached hydrogen (secondary N) is 8. The first kappa shape index (κ1) is 53.3. The molecular formula is C35H56N12O15. The maximum absolute atomic E-state index is 13.7. The van der Waals surface area contributed by atoms with Crippen LogP contribution in [0.25, 0.3) is 0 Å². The normalized spacial score (nSPS) is 14.7. The van der Waals surface area contributed by atoms with Crippen molar-refractivity contribution in [1.29, 1.82) is 0 Å². The number of amides is 8. The predicted molar refractivity (Wildman–Crippen MR) is 210 cm³/mol. The summed E-state index contributed by atoms with van der Waals surface area (Å²) in [5.74, 6) is -12.6. The molecule has 0 aromatic carbocycles. The number of carboxylic acids is 3. The van der Waals surface area contributed by atoms with Gasteiger partial charge in [-0.2, -0.15) is 0 Å². The summed E-state index contributed by atoms with van der Waals surface area (Å²) < 4.78 is 0. The number of aliphatic hydroxyl groups is 1. The van der Waals surface area contributed by atoms with Gasteiger partial charge in [-0.15, -0.1) is 0 Å². The fourth-order valence-electron chi connectivity index (χ4n) is 5.30. The zero-order chi connectivity index (χ0) is 47.1. The smallest absolute Gasteiger partial charge is 0.326 e. The molecule has 346 valence electrons. The Hall–Kier alpha value is -6.74. The van der Waals surface area contributed by atoms with Crippen LogP contribution in [0.4, 0.5) is 0 Å². The number of aromatic amines is 1. The first-order valence-corrected chi connectivity index (χ1v) is 19.2. The van der Waals surface area contributed by atoms with Crippen molar-refractivity contribution < 1.29 is 73.2 Å². The van der Waals surface area contributed by atoms with Crippen LogP contribution in [0.15, 0.2) is 12.5 Å². The van der Waals surface area contributed by atoms with E-state index in [9.17, 15) is 73.2 Å². The van der Waals surface area contributed by atoms with Gasteiger partial charge in [0, 0.05) is 31.2 Å². The third kappa shape index (κ3) is 20.5. The largest absolute Gasteiger partial charge is 0.481 e. The molecule has 0 radical (unpaired) electrons. The average Bonchev–Trinajstić information content (AvgIpc) is 3.71. The van der Waals surface area contributed by atoms with Crippen LogP contribution in [0.1, 0.15) is 70.9 Å². The van der Waals surface area contributed by atoms with Gasteiger partial charge in [0.25, 0.3) is 0 Å². The molecule has 27 heteroatoms. The SMILES string of the molecule is C[C@H](NC(=O)[C@H](CCC(=O)O)NC(=O)CNC(=O)[C@@H](N)[C@@H](C)O)C(=O)N[C@@H](Cc1cnc[nH]1)C(=O)N[C@@H](CC(N)=O)C(=O)N[C@@H](CCC(=O)O)C(=O)N[C@@H](CCCCN)C(=O)O. The fourth-order valence-corrected chi connectivity index (χ4v) is 5.30. The predicted octanol–water partition coefficient (Wildman–Crippen LogP) is -6.48. The minimum absolute atomic E-state index is 0.0467. The highest BCUT2D eigenvalue weighted by molar-refractivity contribution is 5.98. The van der Waals surface area contributed by atoms with Gasteiger partial charge in [0.15, 0.2) is 0 Å². The van der Waals surface area contributed by atoms with Crippen LogP contribution in [0.3, 0.4) is 0 Å². The number of nitrogens with two attached hydrogens (primary N) is 3. The van der Waals surface area contributed by atoms with E-state index in [1.54, 1.807) is 0 Å². The molecule has 62 heavy (non-hydrogen) atoms. The van der Waals surface area contributed by atoms with Crippen LogP contribution in [-0.2, 0) is 59.2 Å². The maximum Gasteiger partial charge on any atom is 0.326 e. The quantitative estimate of drug-likeness (QED) is 0.0319. The lowest BCUT2D eigenvalue weighted by Crippen LogP contribution is -2.60. The topological polar surface area (TPSA) is 460 Å². The second-order valence-electron chi connectivity index (χ2n) is 14.0. The Morgan fingerprint density at radius 3 is 1.71 bits per heavy atom. The van der Waals surface area contributed by atoms with E-state index >= 15 is 0 Å². The summed E-state index contributed by atoms with van der Waals surface area (Å²) in [4.78, 5) is 145. The van der Waals surface area contributed by atoms with Crippen LogP contribution in [-0.4, -0.2) is 157 Å². The molecule has 1 aromatic rings. The Morgan fingerprint density at radius 1 is 0.677 bits per heavy atom. The number of imidazole rings is 1. The first-order valence-electron chi connectivity index (χ1n) is 19.2. The zero-order valence-electron chi connectivity index (χ0n) is 34.0. The summed E-state index contributed by atoms with van der Waals surface area (Å²) in [7, 11) is 0. The molecule has 1 heterocycles. The van der Waals surface area contributed by atoms with Gasteiger partial charge in [-0.3, -0.25) is 47.9 Å². The Morgan fingerprint density at radius 2 is 1.19 bits per heavy atom. The van der Waals surface area contributed by atoms with E-state index in [-0.39, 0.29) is 25.1 Å². The number of carboxylic acid groups (broad SMARTS) is 3. The number of aliphatic hydroxyl groups excluding tert-OH is 1. The lowest BCUT2D eigenvalue weighted by molar-refractivity contribution is -0.143. The van der Waals surface area contributed by atoms with Crippen molar-refractivity contribution in [3.8, 4) is 0 Å². The lowest BCUT2D eigenvalue weighted by atomic mass is 10.1. The molecule has 0 aliphatic heterocycles. The van der Waals surface area contributed by atoms with Gasteiger partial charge < -0.3 is 79.8 Å². The maximum atomic E-state index is 13.7. The van der Waals surface area contributed by atoms with E-state index in [2.05, 4.69) is 47.2 Å². The number of carbonyl (C=O) groups excluding carboxylic acids is 8. The van der Waals surface area contributed by atoms with Gasteiger partial charge in [0.2, 0.25) is 47.3 Å². The van der Waals surface area contributed by atoms with Gasteiger partial charge in [0.1, 0.15) is 42.3 Å². The Bertz CT molecular complexity index is 1740. The number of unbranched alkanes of at least 4 members (excludes halogenated alkanes) is 1. The summed E-state index contributed by atoms with van der Waals surface area (Å²) in [6.45, 7) is 1.94. The van der Waals surface area contributed by atoms with Crippen LogP contribution < -0.4 is 54.4 Å². The van der Waals surface area contributed by atoms with E-state index in [4.69, 9.17) is 17.2 Å². The molecule has 0 aliphatic carbocycles. The summed E-state index contributed by atoms with van der Waals surface area (Å²) in [6.07, 6.45) is -1.55. The molecule has 27 nitrogen and oxygen atoms in total. The van der Waals surface area contributed by atoms with E-state index in [1.807, 2.05) is 0 Å². The molecule has 1 aromatic heterocycles. The highest BCUT2D eigenvalue weighted by Gasteiger charge is 2.34. The molecule has 8 atom stereocenters. The number of rotatable bonds is 30. The molecule has 0 bridgehead atoms. The number of aliphatic carboxylic acids is 3. The van der Waals surface area contributed by atoms with Crippen molar-refractivity contribution in [1.82, 2.24) is 47.2 Å². The molecule has 18 N–H and O–H groups in total. The van der Waals surface area contributed by atoms with Gasteiger partial charge in [-0.05, 0) is 52.5 Å². The summed E-state index contributed by atoms with van der Waals surface area (Å²) >= 11 is 0. The van der Waals surface area contributed by atoms with Gasteiger partial charge in [-0.25, -0.2) is 9.78 Å². The highest BCUT2D eigenvalue weighted by Crippen LogP contribution is 2.07. The third-order valence-electron chi connectivity index (χ3n) is 8.79. The standard InChI is InChI=1S/C35H56N12O15/c1-16(42-30(56)19(6-8-26(51)52)43-25(50)14-40-34(60)28(38)17(2)48)29(55)46-22(11-18-13-39-15-41-18)32(58)47-23(12-24(37)49)33(59)44-20(7-9-27(53)54)31(57)45-21(35(61)62)5-3-4-10-36/h13,15-17,19-23,28,48H,3-12,14,36,38H2,1-2H3,(H2,37,49)(H,39,41)(H,40,60)(H,42,56)(H,43,50)(H,44,59)(H,45,57)(H,46,55)(H,47,58)(H,51,52)(H,53,54)(H,61,62)/t16-,17+,19-,20-,21-,22-,23-,28-/m0/s1. The lowest BCUT2D eigenvalue weighted by Gasteiger charge is -2.26. The number of nitrogens with zero attached hydrogens (tertiary/aromatic N) is 1. The Kier molecular flexibility index (Phi) is 23.4. The minimum Gasteiger partial charge on any atom is -0.481 e. The van der Waals surface area contributed by atoms with Crippen LogP contribution in [0, 0.1) is 0 Å². The molecule has 8 amide bonds. The number of carbonyl (C=O) groups is 11. The summed E-state index contributed by atoms with van der Waals surface area (Å²) in [5.41, 5.74) is 16.6. The van der Waals surface area contributed by atoms with Gasteiger partial charge in [0.05, 0.1) is 25.4 Å². The zero-order valence-corrected chi connectivity index (χ0v) is 34.0. The van der Waals surface area contributed by atoms with Crippen molar-refractivity contribution in [2.24, 2.45) is 17.2 Å². The van der Waals surface area contributed by atoms with Gasteiger partial charge >= 0.3 is 17.9 Å². The van der Waals surface area contributed by atoms with Crippen molar-refractivity contribution >= 4 is 65.2 Å². The minimum atomic E-state index is -1.84. The Balaban J connectivity index is 3.26. The molecule has 0 saturated carbocycles. The molecule has 0 saturated heterocycles. The van der Waals surface area contributed by atoms with E-state index in [1.165, 1.54) is 26.4 Å². The fraction of sp³-hybridized carbons (Fsp3) is 0.600. The first-order chi connectivity index (χ1) is 29.0. The number of H-pyrrole nitrogens is 1. The summed E-state index contributed by atoms with van der Waals surface area (Å²) in [6, 6.07) is -11.0. The van der Waals surface area contributed by atoms with Crippen LogP contribution in [0.5, 0.6) is 0 Å². The third-order valence-corrected chi connectivity index (χ3v) is 8.79. The average molecular weight is 885 g/mol. The number of hydrogen-bond donors (Lipinski definition) is 15. The molecule has 1 rings (SSSR count). The molecule has 0 unspecified atom stereocenters. The molecule has 0 aliphatic rings. The highest BCUT2D eigenvalue weighted by atomic mass is 16.4. The van der Waals surface area contributed by atoms with Crippen LogP contribution in [0.2, 0.25) is 0 Å². The summed E-state index contributed by atoms with van der Waals surface area (Å²) in [5, 5.41) is 53.2. The molecular weight excluding hydrogens is 828 g/mol.